The molecule has 3 rings (SSSR count). The predicted octanol–water partition coefficient (Wildman–Crippen LogP) is 4.40. The maximum Gasteiger partial charge on any atom is 0.309 e. The van der Waals surface area contributed by atoms with E-state index in [0.29, 0.717) is 17.1 Å². The van der Waals surface area contributed by atoms with Crippen molar-refractivity contribution in [2.24, 2.45) is 11.8 Å². The number of esters is 1. The van der Waals surface area contributed by atoms with Crippen molar-refractivity contribution in [3.05, 3.63) is 33.8 Å². The molecule has 0 saturated heterocycles. The molecule has 0 N–H and O–H groups in total. The molecule has 4 nitrogen and oxygen atoms in total. The largest absolute Gasteiger partial charge is 0.469 e. The average molecular weight is 378 g/mol. The predicted molar refractivity (Wildman–Crippen MR) is 103 cm³/mol. The fraction of sp³-hybridized carbons (Fsp3) is 0.619. The standard InChI is InChI=1S/C21H28ClNO3/c1-12(2)13-8-9-15-17(18(13)22)19(24)23(4)11-16-14(20(25)26-5)7-6-10-21(15,16)3/h8-9,12,14,16H,6-7,10-11H2,1-5H3/t14-,16-,21-/m1/s1. The average Bonchev–Trinajstić information content (AvgIpc) is 2.69. The Morgan fingerprint density at radius 3 is 2.69 bits per heavy atom. The van der Waals surface area contributed by atoms with Gasteiger partial charge in [-0.2, -0.15) is 0 Å². The summed E-state index contributed by atoms with van der Waals surface area (Å²) in [6.45, 7) is 6.88. The van der Waals surface area contributed by atoms with Crippen molar-refractivity contribution in [2.75, 3.05) is 20.7 Å². The minimum atomic E-state index is -0.272. The van der Waals surface area contributed by atoms with Crippen LogP contribution in [0.4, 0.5) is 0 Å². The number of carbonyl (C=O) groups excluding carboxylic acids is 2. The van der Waals surface area contributed by atoms with E-state index in [4.69, 9.17) is 16.3 Å². The van der Waals surface area contributed by atoms with Gasteiger partial charge in [0.15, 0.2) is 0 Å². The smallest absolute Gasteiger partial charge is 0.309 e. The molecule has 3 atom stereocenters. The molecule has 1 aliphatic heterocycles. The topological polar surface area (TPSA) is 46.6 Å². The molecule has 0 spiro atoms. The molecule has 1 amide bonds. The minimum absolute atomic E-state index is 0.0277. The Hall–Kier alpha value is -1.55. The Bertz CT molecular complexity index is 745. The van der Waals surface area contributed by atoms with E-state index in [2.05, 4.69) is 32.9 Å². The van der Waals surface area contributed by atoms with Crippen molar-refractivity contribution in [1.29, 1.82) is 0 Å². The van der Waals surface area contributed by atoms with Gasteiger partial charge in [-0.05, 0) is 41.2 Å². The third-order valence-corrected chi connectivity index (χ3v) is 6.87. The van der Waals surface area contributed by atoms with E-state index in [9.17, 15) is 9.59 Å². The van der Waals surface area contributed by atoms with Crippen LogP contribution in [-0.2, 0) is 14.9 Å². The van der Waals surface area contributed by atoms with Crippen LogP contribution in [0.2, 0.25) is 5.02 Å². The summed E-state index contributed by atoms with van der Waals surface area (Å²) in [6.07, 6.45) is 2.69. The Labute approximate surface area is 160 Å². The molecule has 1 fully saturated rings. The summed E-state index contributed by atoms with van der Waals surface area (Å²) in [5.74, 6) is -0.142. The van der Waals surface area contributed by atoms with Gasteiger partial charge in [0.25, 0.3) is 5.91 Å². The van der Waals surface area contributed by atoms with Gasteiger partial charge in [-0.3, -0.25) is 9.59 Å². The third-order valence-electron chi connectivity index (χ3n) is 6.46. The molecule has 1 heterocycles. The number of hydrogen-bond acceptors (Lipinski definition) is 3. The number of carbonyl (C=O) groups is 2. The molecule has 1 aliphatic carbocycles. The van der Waals surface area contributed by atoms with E-state index in [-0.39, 0.29) is 35.0 Å². The highest BCUT2D eigenvalue weighted by Crippen LogP contribution is 2.51. The molecule has 5 heteroatoms. The van der Waals surface area contributed by atoms with Gasteiger partial charge in [0.2, 0.25) is 0 Å². The van der Waals surface area contributed by atoms with E-state index in [1.165, 1.54) is 7.11 Å². The summed E-state index contributed by atoms with van der Waals surface area (Å²) in [4.78, 5) is 27.4. The fourth-order valence-corrected chi connectivity index (χ4v) is 5.37. The van der Waals surface area contributed by atoms with E-state index in [1.54, 1.807) is 11.9 Å². The second-order valence-electron chi connectivity index (χ2n) is 8.28. The highest BCUT2D eigenvalue weighted by Gasteiger charge is 2.50. The summed E-state index contributed by atoms with van der Waals surface area (Å²) < 4.78 is 5.08. The van der Waals surface area contributed by atoms with Gasteiger partial charge in [0.05, 0.1) is 23.6 Å². The zero-order chi connectivity index (χ0) is 19.2. The number of amides is 1. The highest BCUT2D eigenvalue weighted by molar-refractivity contribution is 6.35. The van der Waals surface area contributed by atoms with Crippen molar-refractivity contribution in [3.8, 4) is 0 Å². The van der Waals surface area contributed by atoms with Gasteiger partial charge in [0, 0.05) is 13.6 Å². The Morgan fingerprint density at radius 1 is 1.38 bits per heavy atom. The molecular weight excluding hydrogens is 350 g/mol. The molecule has 1 aromatic rings. The SMILES string of the molecule is COC(=O)[C@@H]1CCC[C@]2(C)c3ccc(C(C)C)c(Cl)c3C(=O)N(C)C[C@H]12. The number of hydrogen-bond donors (Lipinski definition) is 0. The fourth-order valence-electron chi connectivity index (χ4n) is 4.91. The van der Waals surface area contributed by atoms with Crippen LogP contribution < -0.4 is 0 Å². The van der Waals surface area contributed by atoms with Crippen LogP contribution in [0.1, 0.15) is 67.4 Å². The lowest BCUT2D eigenvalue weighted by atomic mass is 9.59. The van der Waals surface area contributed by atoms with Gasteiger partial charge in [-0.1, -0.05) is 50.9 Å². The first kappa shape index (κ1) is 19.2. The van der Waals surface area contributed by atoms with E-state index < -0.39 is 0 Å². The first-order chi connectivity index (χ1) is 12.2. The molecule has 26 heavy (non-hydrogen) atoms. The number of halogens is 1. The van der Waals surface area contributed by atoms with Crippen LogP contribution in [0, 0.1) is 11.8 Å². The van der Waals surface area contributed by atoms with Gasteiger partial charge < -0.3 is 9.64 Å². The van der Waals surface area contributed by atoms with Crippen molar-refractivity contribution in [3.63, 3.8) is 0 Å². The maximum absolute atomic E-state index is 13.2. The molecule has 2 aliphatic rings. The Morgan fingerprint density at radius 2 is 2.08 bits per heavy atom. The lowest BCUT2D eigenvalue weighted by molar-refractivity contribution is -0.150. The molecular formula is C21H28ClNO3. The number of methoxy groups -OCH3 is 1. The van der Waals surface area contributed by atoms with Crippen molar-refractivity contribution >= 4 is 23.5 Å². The third kappa shape index (κ3) is 2.83. The summed E-state index contributed by atoms with van der Waals surface area (Å²) in [6, 6.07) is 4.12. The Balaban J connectivity index is 2.22. The molecule has 1 aromatic carbocycles. The first-order valence-electron chi connectivity index (χ1n) is 9.38. The van der Waals surface area contributed by atoms with Gasteiger partial charge in [-0.15, -0.1) is 0 Å². The monoisotopic (exact) mass is 377 g/mol. The van der Waals surface area contributed by atoms with Crippen molar-refractivity contribution in [2.45, 2.75) is 51.4 Å². The van der Waals surface area contributed by atoms with Crippen LogP contribution in [0.3, 0.4) is 0 Å². The lowest BCUT2D eigenvalue weighted by Gasteiger charge is -2.45. The lowest BCUT2D eigenvalue weighted by Crippen LogP contribution is -2.47. The van der Waals surface area contributed by atoms with Gasteiger partial charge >= 0.3 is 5.97 Å². The second kappa shape index (κ2) is 6.88. The summed E-state index contributed by atoms with van der Waals surface area (Å²) >= 11 is 6.73. The van der Waals surface area contributed by atoms with E-state index >= 15 is 0 Å². The maximum atomic E-state index is 13.2. The zero-order valence-electron chi connectivity index (χ0n) is 16.3. The number of rotatable bonds is 2. The van der Waals surface area contributed by atoms with Gasteiger partial charge in [-0.25, -0.2) is 0 Å². The van der Waals surface area contributed by atoms with Gasteiger partial charge in [0.1, 0.15) is 0 Å². The van der Waals surface area contributed by atoms with E-state index in [0.717, 1.165) is 30.4 Å². The molecule has 0 radical (unpaired) electrons. The molecule has 0 unspecified atom stereocenters. The van der Waals surface area contributed by atoms with Crippen molar-refractivity contribution in [1.82, 2.24) is 4.90 Å². The molecule has 1 saturated carbocycles. The van der Waals surface area contributed by atoms with Crippen LogP contribution in [0.5, 0.6) is 0 Å². The van der Waals surface area contributed by atoms with Crippen LogP contribution in [-0.4, -0.2) is 37.5 Å². The molecule has 0 aromatic heterocycles. The second-order valence-corrected chi connectivity index (χ2v) is 8.66. The van der Waals surface area contributed by atoms with Crippen LogP contribution in [0.25, 0.3) is 0 Å². The number of fused-ring (bicyclic) bond motifs is 3. The quantitative estimate of drug-likeness (QED) is 0.718. The zero-order valence-corrected chi connectivity index (χ0v) is 17.0. The van der Waals surface area contributed by atoms with Crippen LogP contribution >= 0.6 is 11.6 Å². The summed E-state index contributed by atoms with van der Waals surface area (Å²) in [5.41, 5.74) is 2.33. The first-order valence-corrected chi connectivity index (χ1v) is 9.76. The molecule has 0 bridgehead atoms. The minimum Gasteiger partial charge on any atom is -0.469 e. The number of nitrogens with zero attached hydrogens (tertiary/aromatic N) is 1. The Kier molecular flexibility index (Phi) is 5.08. The summed E-state index contributed by atoms with van der Waals surface area (Å²) in [7, 11) is 3.25. The van der Waals surface area contributed by atoms with Crippen LogP contribution in [0.15, 0.2) is 12.1 Å². The number of benzene rings is 1. The van der Waals surface area contributed by atoms with E-state index in [1.807, 2.05) is 0 Å². The summed E-state index contributed by atoms with van der Waals surface area (Å²) in [5, 5.41) is 0.566. The number of ether oxygens (including phenoxy) is 1. The highest BCUT2D eigenvalue weighted by atomic mass is 35.5. The normalized spacial score (nSPS) is 28.4. The molecule has 142 valence electrons. The van der Waals surface area contributed by atoms with Crippen molar-refractivity contribution < 1.29 is 14.3 Å².